The van der Waals surface area contributed by atoms with Gasteiger partial charge >= 0.3 is 0 Å². The van der Waals surface area contributed by atoms with E-state index in [0.717, 1.165) is 16.9 Å². The van der Waals surface area contributed by atoms with Crippen molar-refractivity contribution in [3.8, 4) is 0 Å². The molecule has 0 fully saturated rings. The number of aromatic nitrogens is 1. The van der Waals surface area contributed by atoms with Gasteiger partial charge in [0, 0.05) is 32.0 Å². The first-order chi connectivity index (χ1) is 11.2. The van der Waals surface area contributed by atoms with E-state index in [4.69, 9.17) is 10.5 Å². The van der Waals surface area contributed by atoms with Crippen molar-refractivity contribution in [2.75, 3.05) is 26.0 Å². The lowest BCUT2D eigenvalue weighted by molar-refractivity contribution is -0.132. The highest BCUT2D eigenvalue weighted by Crippen LogP contribution is 2.14. The number of nitrogens with two attached hydrogens (primary N) is 1. The average molecular weight is 313 g/mol. The summed E-state index contributed by atoms with van der Waals surface area (Å²) < 4.78 is 5.11. The molecule has 1 heterocycles. The van der Waals surface area contributed by atoms with Crippen LogP contribution in [0.1, 0.15) is 17.7 Å². The number of carbonyl (C=O) groups excluding carboxylic acids is 1. The number of aryl methyl sites for hydroxylation is 1. The fourth-order valence-corrected chi connectivity index (χ4v) is 2.34. The van der Waals surface area contributed by atoms with Crippen LogP contribution in [0, 0.1) is 0 Å². The number of amides is 1. The van der Waals surface area contributed by atoms with E-state index in [0.29, 0.717) is 32.5 Å². The van der Waals surface area contributed by atoms with E-state index in [1.54, 1.807) is 18.2 Å². The van der Waals surface area contributed by atoms with E-state index in [1.807, 2.05) is 42.5 Å². The Morgan fingerprint density at radius 2 is 2.00 bits per heavy atom. The second-order valence-corrected chi connectivity index (χ2v) is 5.33. The maximum Gasteiger partial charge on any atom is 0.223 e. The third-order valence-corrected chi connectivity index (χ3v) is 3.66. The van der Waals surface area contributed by atoms with Crippen molar-refractivity contribution in [3.63, 3.8) is 0 Å². The highest BCUT2D eigenvalue weighted by molar-refractivity contribution is 5.76. The Hall–Kier alpha value is -2.40. The number of methoxy groups -OCH3 is 1. The summed E-state index contributed by atoms with van der Waals surface area (Å²) in [6.07, 6.45) is 2.79. The van der Waals surface area contributed by atoms with E-state index >= 15 is 0 Å². The zero-order chi connectivity index (χ0) is 16.5. The summed E-state index contributed by atoms with van der Waals surface area (Å²) in [5.41, 5.74) is 8.54. The van der Waals surface area contributed by atoms with Crippen molar-refractivity contribution >= 4 is 11.6 Å². The van der Waals surface area contributed by atoms with Crippen LogP contribution in [0.15, 0.2) is 48.7 Å². The van der Waals surface area contributed by atoms with Gasteiger partial charge in [-0.1, -0.05) is 24.3 Å². The van der Waals surface area contributed by atoms with Crippen LogP contribution in [-0.4, -0.2) is 36.1 Å². The molecule has 0 atom stereocenters. The highest BCUT2D eigenvalue weighted by Gasteiger charge is 2.14. The number of hydrogen-bond donors (Lipinski definition) is 1. The second-order valence-electron chi connectivity index (χ2n) is 5.33. The lowest BCUT2D eigenvalue weighted by Crippen LogP contribution is -2.33. The van der Waals surface area contributed by atoms with Crippen LogP contribution in [0.25, 0.3) is 0 Å². The fraction of sp³-hybridized carbons (Fsp3) is 0.333. The van der Waals surface area contributed by atoms with Gasteiger partial charge in [0.2, 0.25) is 5.91 Å². The van der Waals surface area contributed by atoms with Gasteiger partial charge in [-0.05, 0) is 30.2 Å². The van der Waals surface area contributed by atoms with Gasteiger partial charge in [0.15, 0.2) is 0 Å². The molecule has 0 saturated carbocycles. The third-order valence-electron chi connectivity index (χ3n) is 3.66. The van der Waals surface area contributed by atoms with Gasteiger partial charge in [-0.25, -0.2) is 0 Å². The molecule has 1 aromatic carbocycles. The third kappa shape index (κ3) is 5.38. The summed E-state index contributed by atoms with van der Waals surface area (Å²) in [6, 6.07) is 13.4. The van der Waals surface area contributed by atoms with E-state index in [-0.39, 0.29) is 5.91 Å². The molecule has 0 bridgehead atoms. The van der Waals surface area contributed by atoms with Crippen LogP contribution in [0.2, 0.25) is 0 Å². The minimum atomic E-state index is 0.0796. The lowest BCUT2D eigenvalue weighted by atomic mass is 10.1. The van der Waals surface area contributed by atoms with Gasteiger partial charge in [-0.15, -0.1) is 0 Å². The molecule has 0 saturated heterocycles. The molecule has 2 rings (SSSR count). The second kappa shape index (κ2) is 8.90. The van der Waals surface area contributed by atoms with Gasteiger partial charge < -0.3 is 15.4 Å². The van der Waals surface area contributed by atoms with Gasteiger partial charge in [-0.2, -0.15) is 0 Å². The summed E-state index contributed by atoms with van der Waals surface area (Å²) in [6.45, 7) is 1.55. The molecule has 0 radical (unpaired) electrons. The Morgan fingerprint density at radius 1 is 1.22 bits per heavy atom. The van der Waals surface area contributed by atoms with Crippen LogP contribution in [0.3, 0.4) is 0 Å². The zero-order valence-corrected chi connectivity index (χ0v) is 13.4. The Kier molecular flexibility index (Phi) is 6.56. The van der Waals surface area contributed by atoms with E-state index < -0.39 is 0 Å². The van der Waals surface area contributed by atoms with Crippen molar-refractivity contribution < 1.29 is 9.53 Å². The van der Waals surface area contributed by atoms with Crippen molar-refractivity contribution in [3.05, 3.63) is 59.9 Å². The molecular formula is C18H23N3O2. The number of rotatable bonds is 8. The molecule has 2 N–H and O–H groups in total. The van der Waals surface area contributed by atoms with Crippen LogP contribution < -0.4 is 5.73 Å². The Morgan fingerprint density at radius 3 is 2.70 bits per heavy atom. The number of para-hydroxylation sites is 1. The van der Waals surface area contributed by atoms with Crippen LogP contribution in [-0.2, 0) is 22.5 Å². The highest BCUT2D eigenvalue weighted by atomic mass is 16.5. The van der Waals surface area contributed by atoms with Crippen LogP contribution >= 0.6 is 0 Å². The number of carbonyl (C=O) groups is 1. The van der Waals surface area contributed by atoms with Gasteiger partial charge in [0.25, 0.3) is 0 Å². The number of nitrogen functional groups attached to an aromatic ring is 1. The van der Waals surface area contributed by atoms with Gasteiger partial charge in [0.1, 0.15) is 0 Å². The van der Waals surface area contributed by atoms with Crippen molar-refractivity contribution in [1.82, 2.24) is 9.88 Å². The molecule has 122 valence electrons. The monoisotopic (exact) mass is 313 g/mol. The van der Waals surface area contributed by atoms with E-state index in [1.165, 1.54) is 0 Å². The SMILES string of the molecule is COCCN(Cc1ccccn1)C(=O)CCc1ccccc1N. The Bertz CT molecular complexity index is 617. The predicted molar refractivity (Wildman–Crippen MR) is 90.7 cm³/mol. The molecule has 0 aliphatic heterocycles. The molecule has 5 nitrogen and oxygen atoms in total. The molecule has 1 aromatic heterocycles. The summed E-state index contributed by atoms with van der Waals surface area (Å²) >= 11 is 0. The summed E-state index contributed by atoms with van der Waals surface area (Å²) in [5, 5.41) is 0. The molecule has 0 spiro atoms. The van der Waals surface area contributed by atoms with E-state index in [2.05, 4.69) is 4.98 Å². The van der Waals surface area contributed by atoms with Crippen LogP contribution in [0.5, 0.6) is 0 Å². The molecule has 0 aliphatic rings. The van der Waals surface area contributed by atoms with Gasteiger partial charge in [0.05, 0.1) is 18.8 Å². The molecule has 0 aliphatic carbocycles. The van der Waals surface area contributed by atoms with Gasteiger partial charge in [-0.3, -0.25) is 9.78 Å². The first-order valence-corrected chi connectivity index (χ1v) is 7.70. The number of nitrogens with zero attached hydrogens (tertiary/aromatic N) is 2. The molecule has 0 unspecified atom stereocenters. The van der Waals surface area contributed by atoms with Crippen LogP contribution in [0.4, 0.5) is 5.69 Å². The number of benzene rings is 1. The fourth-order valence-electron chi connectivity index (χ4n) is 2.34. The van der Waals surface area contributed by atoms with Crippen molar-refractivity contribution in [2.24, 2.45) is 0 Å². The number of ether oxygens (including phenoxy) is 1. The minimum Gasteiger partial charge on any atom is -0.399 e. The normalized spacial score (nSPS) is 10.5. The Balaban J connectivity index is 1.97. The number of anilines is 1. The summed E-state index contributed by atoms with van der Waals surface area (Å²) in [5.74, 6) is 0.0796. The smallest absolute Gasteiger partial charge is 0.223 e. The minimum absolute atomic E-state index is 0.0796. The first kappa shape index (κ1) is 17.0. The predicted octanol–water partition coefficient (Wildman–Crippen LogP) is 2.27. The van der Waals surface area contributed by atoms with Crippen molar-refractivity contribution in [2.45, 2.75) is 19.4 Å². The van der Waals surface area contributed by atoms with Crippen molar-refractivity contribution in [1.29, 1.82) is 0 Å². The molecule has 23 heavy (non-hydrogen) atoms. The average Bonchev–Trinajstić information content (AvgIpc) is 2.58. The summed E-state index contributed by atoms with van der Waals surface area (Å²) in [7, 11) is 1.63. The van der Waals surface area contributed by atoms with E-state index in [9.17, 15) is 4.79 Å². The molecule has 2 aromatic rings. The molecule has 5 heteroatoms. The zero-order valence-electron chi connectivity index (χ0n) is 13.4. The maximum atomic E-state index is 12.5. The lowest BCUT2D eigenvalue weighted by Gasteiger charge is -2.22. The summed E-state index contributed by atoms with van der Waals surface area (Å²) in [4.78, 5) is 18.6. The molecule has 1 amide bonds. The number of pyridine rings is 1. The molecular weight excluding hydrogens is 290 g/mol. The standard InChI is InChI=1S/C18H23N3O2/c1-23-13-12-21(14-16-7-4-5-11-20-16)18(22)10-9-15-6-2-3-8-17(15)19/h2-8,11H,9-10,12-14,19H2,1H3. The number of hydrogen-bond acceptors (Lipinski definition) is 4. The largest absolute Gasteiger partial charge is 0.399 e. The maximum absolute atomic E-state index is 12.5. The first-order valence-electron chi connectivity index (χ1n) is 7.70. The topological polar surface area (TPSA) is 68.5 Å². The quantitative estimate of drug-likeness (QED) is 0.759. The Labute approximate surface area is 137 Å².